The molecule has 5 nitrogen and oxygen atoms in total. The highest BCUT2D eigenvalue weighted by Crippen LogP contribution is 2.64. The minimum atomic E-state index is -3.75. The van der Waals surface area contributed by atoms with Gasteiger partial charge in [-0.1, -0.05) is 32.0 Å². The first kappa shape index (κ1) is 18.5. The van der Waals surface area contributed by atoms with E-state index >= 15 is 0 Å². The van der Waals surface area contributed by atoms with Crippen molar-refractivity contribution in [3.8, 4) is 0 Å². The maximum absolute atomic E-state index is 13.4. The summed E-state index contributed by atoms with van der Waals surface area (Å²) in [4.78, 5) is 12.8. The Bertz CT molecular complexity index is 969. The number of nitrogens with two attached hydrogens (primary N) is 1. The SMILES string of the molecule is Cc1ccc(F)cc1NC(=O)[C@H]1[C@H](c2ccc(S(N)(=O)=O)cc2)C1(C)C. The molecule has 0 aliphatic heterocycles. The van der Waals surface area contributed by atoms with E-state index in [-0.39, 0.29) is 28.1 Å². The van der Waals surface area contributed by atoms with Crippen molar-refractivity contribution in [1.82, 2.24) is 0 Å². The summed E-state index contributed by atoms with van der Waals surface area (Å²) in [6.07, 6.45) is 0. The van der Waals surface area contributed by atoms with Crippen LogP contribution in [0.3, 0.4) is 0 Å². The fraction of sp³-hybridized carbons (Fsp3) is 0.316. The van der Waals surface area contributed by atoms with Crippen molar-refractivity contribution in [2.75, 3.05) is 5.32 Å². The number of aryl methyl sites for hydroxylation is 1. The number of hydrogen-bond acceptors (Lipinski definition) is 3. The van der Waals surface area contributed by atoms with Crippen molar-refractivity contribution in [1.29, 1.82) is 0 Å². The van der Waals surface area contributed by atoms with Crippen molar-refractivity contribution in [3.63, 3.8) is 0 Å². The highest BCUT2D eigenvalue weighted by molar-refractivity contribution is 7.89. The second-order valence-electron chi connectivity index (χ2n) is 7.34. The minimum Gasteiger partial charge on any atom is -0.325 e. The minimum absolute atomic E-state index is 0.0380. The molecule has 2 aromatic rings. The van der Waals surface area contributed by atoms with E-state index in [1.165, 1.54) is 24.3 Å². The second-order valence-corrected chi connectivity index (χ2v) is 8.90. The van der Waals surface area contributed by atoms with Gasteiger partial charge in [0, 0.05) is 11.6 Å². The van der Waals surface area contributed by atoms with Gasteiger partial charge in [0.1, 0.15) is 5.82 Å². The number of carbonyl (C=O) groups is 1. The third-order valence-corrected chi connectivity index (χ3v) is 6.06. The van der Waals surface area contributed by atoms with E-state index in [1.54, 1.807) is 25.1 Å². The monoisotopic (exact) mass is 376 g/mol. The highest BCUT2D eigenvalue weighted by atomic mass is 32.2. The Morgan fingerprint density at radius 2 is 1.77 bits per heavy atom. The van der Waals surface area contributed by atoms with Crippen molar-refractivity contribution < 1.29 is 17.6 Å². The van der Waals surface area contributed by atoms with Crippen LogP contribution in [-0.2, 0) is 14.8 Å². The van der Waals surface area contributed by atoms with E-state index in [1.807, 2.05) is 13.8 Å². The summed E-state index contributed by atoms with van der Waals surface area (Å²) in [6, 6.07) is 10.5. The van der Waals surface area contributed by atoms with Gasteiger partial charge in [0.15, 0.2) is 0 Å². The number of sulfonamides is 1. The molecule has 1 saturated carbocycles. The van der Waals surface area contributed by atoms with Crippen molar-refractivity contribution in [2.24, 2.45) is 16.5 Å². The maximum Gasteiger partial charge on any atom is 0.238 e. The number of primary sulfonamides is 1. The maximum atomic E-state index is 13.4. The molecular weight excluding hydrogens is 355 g/mol. The number of amides is 1. The molecule has 0 unspecified atom stereocenters. The zero-order valence-electron chi connectivity index (χ0n) is 14.8. The predicted octanol–water partition coefficient (Wildman–Crippen LogP) is 3.16. The zero-order valence-corrected chi connectivity index (χ0v) is 15.6. The zero-order chi connectivity index (χ0) is 19.3. The molecule has 3 N–H and O–H groups in total. The van der Waals surface area contributed by atoms with E-state index in [4.69, 9.17) is 5.14 Å². The normalized spacial score (nSPS) is 21.3. The van der Waals surface area contributed by atoms with Gasteiger partial charge in [-0.2, -0.15) is 0 Å². The Kier molecular flexibility index (Phi) is 4.40. The first-order valence-corrected chi connectivity index (χ1v) is 9.76. The average molecular weight is 376 g/mol. The fourth-order valence-electron chi connectivity index (χ4n) is 3.55. The molecule has 1 amide bonds. The smallest absolute Gasteiger partial charge is 0.238 e. The third kappa shape index (κ3) is 3.37. The number of carbonyl (C=O) groups excluding carboxylic acids is 1. The summed E-state index contributed by atoms with van der Waals surface area (Å²) in [6.45, 7) is 5.76. The van der Waals surface area contributed by atoms with E-state index in [0.29, 0.717) is 5.69 Å². The number of halogens is 1. The van der Waals surface area contributed by atoms with Crippen LogP contribution in [0.25, 0.3) is 0 Å². The molecule has 26 heavy (non-hydrogen) atoms. The lowest BCUT2D eigenvalue weighted by Gasteiger charge is -2.09. The van der Waals surface area contributed by atoms with E-state index < -0.39 is 15.8 Å². The molecule has 7 heteroatoms. The number of anilines is 1. The molecule has 138 valence electrons. The molecular formula is C19H21FN2O3S. The summed E-state index contributed by atoms with van der Waals surface area (Å²) >= 11 is 0. The number of hydrogen-bond donors (Lipinski definition) is 2. The molecule has 0 heterocycles. The van der Waals surface area contributed by atoms with Gasteiger partial charge in [-0.05, 0) is 47.7 Å². The van der Waals surface area contributed by atoms with Crippen LogP contribution >= 0.6 is 0 Å². The second kappa shape index (κ2) is 6.17. The van der Waals surface area contributed by atoms with Crippen LogP contribution in [0.1, 0.15) is 30.9 Å². The lowest BCUT2D eigenvalue weighted by Crippen LogP contribution is -2.17. The standard InChI is InChI=1S/C19H21FN2O3S/c1-11-4-7-13(20)10-15(11)22-18(23)17-16(19(17,2)3)12-5-8-14(9-6-12)26(21,24)25/h4-10,16-17H,1-3H3,(H,22,23)(H2,21,24,25)/t16-,17+/m0/s1. The molecule has 2 aromatic carbocycles. The molecule has 0 bridgehead atoms. The average Bonchev–Trinajstić information content (AvgIpc) is 3.12. The Balaban J connectivity index is 1.81. The van der Waals surface area contributed by atoms with Gasteiger partial charge in [-0.3, -0.25) is 4.79 Å². The predicted molar refractivity (Wildman–Crippen MR) is 97.6 cm³/mol. The molecule has 3 rings (SSSR count). The van der Waals surface area contributed by atoms with Gasteiger partial charge >= 0.3 is 0 Å². The van der Waals surface area contributed by atoms with E-state index in [2.05, 4.69) is 5.32 Å². The molecule has 0 aromatic heterocycles. The van der Waals surface area contributed by atoms with Crippen LogP contribution in [0.4, 0.5) is 10.1 Å². The number of nitrogens with one attached hydrogen (secondary N) is 1. The first-order valence-electron chi connectivity index (χ1n) is 8.21. The van der Waals surface area contributed by atoms with Gasteiger partial charge in [0.25, 0.3) is 0 Å². The van der Waals surface area contributed by atoms with Crippen LogP contribution in [0, 0.1) is 24.1 Å². The summed E-state index contributed by atoms with van der Waals surface area (Å²) in [5.74, 6) is -0.920. The first-order chi connectivity index (χ1) is 12.0. The summed E-state index contributed by atoms with van der Waals surface area (Å²) in [7, 11) is -3.75. The third-order valence-electron chi connectivity index (χ3n) is 5.14. The molecule has 1 fully saturated rings. The van der Waals surface area contributed by atoms with Gasteiger partial charge in [0.2, 0.25) is 15.9 Å². The van der Waals surface area contributed by atoms with Crippen LogP contribution in [0.5, 0.6) is 0 Å². The quantitative estimate of drug-likeness (QED) is 0.859. The molecule has 1 aliphatic carbocycles. The Hall–Kier alpha value is -2.25. The summed E-state index contributed by atoms with van der Waals surface area (Å²) < 4.78 is 36.2. The van der Waals surface area contributed by atoms with Crippen LogP contribution in [0.15, 0.2) is 47.4 Å². The van der Waals surface area contributed by atoms with Crippen molar-refractivity contribution >= 4 is 21.6 Å². The molecule has 0 radical (unpaired) electrons. The largest absolute Gasteiger partial charge is 0.325 e. The molecule has 2 atom stereocenters. The van der Waals surface area contributed by atoms with Gasteiger partial charge in [-0.15, -0.1) is 0 Å². The Labute approximate surface area is 152 Å². The molecule has 0 saturated heterocycles. The lowest BCUT2D eigenvalue weighted by molar-refractivity contribution is -0.118. The van der Waals surface area contributed by atoms with Gasteiger partial charge in [0.05, 0.1) is 10.8 Å². The van der Waals surface area contributed by atoms with Crippen LogP contribution in [-0.4, -0.2) is 14.3 Å². The Morgan fingerprint density at radius 3 is 2.35 bits per heavy atom. The Morgan fingerprint density at radius 1 is 1.15 bits per heavy atom. The number of benzene rings is 2. The number of rotatable bonds is 4. The van der Waals surface area contributed by atoms with Crippen molar-refractivity contribution in [3.05, 3.63) is 59.4 Å². The highest BCUT2D eigenvalue weighted by Gasteiger charge is 2.62. The van der Waals surface area contributed by atoms with E-state index in [0.717, 1.165) is 11.1 Å². The topological polar surface area (TPSA) is 89.3 Å². The summed E-state index contributed by atoms with van der Waals surface area (Å²) in [5, 5.41) is 7.93. The van der Waals surface area contributed by atoms with Gasteiger partial charge < -0.3 is 5.32 Å². The molecule has 0 spiro atoms. The van der Waals surface area contributed by atoms with Crippen molar-refractivity contribution in [2.45, 2.75) is 31.6 Å². The van der Waals surface area contributed by atoms with Crippen LogP contribution in [0.2, 0.25) is 0 Å². The molecule has 1 aliphatic rings. The fourth-order valence-corrected chi connectivity index (χ4v) is 4.07. The van der Waals surface area contributed by atoms with Gasteiger partial charge in [-0.25, -0.2) is 17.9 Å². The summed E-state index contributed by atoms with van der Waals surface area (Å²) in [5.41, 5.74) is 1.83. The van der Waals surface area contributed by atoms with E-state index in [9.17, 15) is 17.6 Å². The lowest BCUT2D eigenvalue weighted by atomic mass is 10.0. The van der Waals surface area contributed by atoms with Crippen LogP contribution < -0.4 is 10.5 Å².